The van der Waals surface area contributed by atoms with Gasteiger partial charge >= 0.3 is 5.97 Å². The van der Waals surface area contributed by atoms with Crippen LogP contribution in [0, 0.1) is 5.82 Å². The second-order valence-corrected chi connectivity index (χ2v) is 7.73. The fourth-order valence-electron chi connectivity index (χ4n) is 2.92. The summed E-state index contributed by atoms with van der Waals surface area (Å²) in [7, 11) is 1.27. The largest absolute Gasteiger partial charge is 0.467 e. The molecule has 2 aromatic heterocycles. The Morgan fingerprint density at radius 1 is 1.33 bits per heavy atom. The monoisotopic (exact) mass is 450 g/mol. The molecule has 30 heavy (non-hydrogen) atoms. The van der Waals surface area contributed by atoms with Crippen LogP contribution in [0.3, 0.4) is 0 Å². The van der Waals surface area contributed by atoms with E-state index in [2.05, 4.69) is 10.4 Å². The van der Waals surface area contributed by atoms with Crippen molar-refractivity contribution < 1.29 is 18.7 Å². The quantitative estimate of drug-likeness (QED) is 0.531. The number of nitrogens with one attached hydrogen (secondary N) is 1. The normalized spacial score (nSPS) is 11.9. The van der Waals surface area contributed by atoms with Gasteiger partial charge in [0.25, 0.3) is 5.91 Å². The number of aromatic nitrogens is 3. The molecule has 0 aliphatic rings. The van der Waals surface area contributed by atoms with E-state index >= 15 is 0 Å². The van der Waals surface area contributed by atoms with Crippen LogP contribution in [0.1, 0.15) is 16.8 Å². The molecule has 7 nitrogen and oxygen atoms in total. The summed E-state index contributed by atoms with van der Waals surface area (Å²) in [6.07, 6.45) is 7.08. The number of halogens is 2. The Bertz CT molecular complexity index is 1040. The highest BCUT2D eigenvalue weighted by atomic mass is 35.5. The second kappa shape index (κ2) is 9.82. The van der Waals surface area contributed by atoms with Crippen molar-refractivity contribution in [2.24, 2.45) is 0 Å². The smallest absolute Gasteiger partial charge is 0.328 e. The van der Waals surface area contributed by atoms with Crippen molar-refractivity contribution >= 4 is 35.2 Å². The van der Waals surface area contributed by atoms with Crippen LogP contribution in [-0.4, -0.2) is 51.4 Å². The topological polar surface area (TPSA) is 78.2 Å². The highest BCUT2D eigenvalue weighted by Crippen LogP contribution is 2.24. The molecule has 1 N–H and O–H groups in total. The molecule has 0 bridgehead atoms. The predicted molar refractivity (Wildman–Crippen MR) is 114 cm³/mol. The first kappa shape index (κ1) is 21.9. The van der Waals surface area contributed by atoms with Gasteiger partial charge in [-0.25, -0.2) is 13.9 Å². The Morgan fingerprint density at radius 3 is 2.70 bits per heavy atom. The number of benzene rings is 1. The van der Waals surface area contributed by atoms with Gasteiger partial charge in [-0.2, -0.15) is 16.9 Å². The maximum atomic E-state index is 14.6. The van der Waals surface area contributed by atoms with Crippen molar-refractivity contribution in [2.75, 3.05) is 19.1 Å². The van der Waals surface area contributed by atoms with E-state index in [1.54, 1.807) is 40.9 Å². The van der Waals surface area contributed by atoms with Gasteiger partial charge in [-0.1, -0.05) is 11.6 Å². The summed E-state index contributed by atoms with van der Waals surface area (Å²) in [5.41, 5.74) is 0.313. The maximum absolute atomic E-state index is 14.6. The van der Waals surface area contributed by atoms with Crippen LogP contribution in [-0.2, 0) is 9.53 Å². The van der Waals surface area contributed by atoms with Gasteiger partial charge in [-0.15, -0.1) is 0 Å². The van der Waals surface area contributed by atoms with Crippen molar-refractivity contribution in [3.63, 3.8) is 0 Å². The van der Waals surface area contributed by atoms with Gasteiger partial charge in [0.15, 0.2) is 5.82 Å². The van der Waals surface area contributed by atoms with Gasteiger partial charge in [0.05, 0.1) is 13.3 Å². The number of methoxy groups -OCH3 is 1. The fourth-order valence-corrected chi connectivity index (χ4v) is 3.55. The number of rotatable bonds is 8. The van der Waals surface area contributed by atoms with Crippen molar-refractivity contribution in [1.29, 1.82) is 0 Å². The van der Waals surface area contributed by atoms with Crippen LogP contribution in [0.4, 0.5) is 4.39 Å². The highest BCUT2D eigenvalue weighted by molar-refractivity contribution is 7.98. The molecule has 0 fully saturated rings. The van der Waals surface area contributed by atoms with Crippen molar-refractivity contribution in [1.82, 2.24) is 19.7 Å². The number of nitrogens with zero attached hydrogens (tertiary/aromatic N) is 3. The average molecular weight is 451 g/mol. The molecule has 0 radical (unpaired) electrons. The van der Waals surface area contributed by atoms with Gasteiger partial charge in [0.1, 0.15) is 23.1 Å². The van der Waals surface area contributed by atoms with Gasteiger partial charge in [-0.05, 0) is 48.8 Å². The lowest BCUT2D eigenvalue weighted by molar-refractivity contribution is -0.142. The van der Waals surface area contributed by atoms with Crippen LogP contribution in [0.15, 0.2) is 48.9 Å². The lowest BCUT2D eigenvalue weighted by atomic mass is 10.2. The van der Waals surface area contributed by atoms with Crippen LogP contribution in [0.5, 0.6) is 0 Å². The molecule has 0 aliphatic carbocycles. The average Bonchev–Trinajstić information content (AvgIpc) is 3.39. The molecule has 3 rings (SSSR count). The second-order valence-electron chi connectivity index (χ2n) is 6.31. The minimum absolute atomic E-state index is 0.133. The van der Waals surface area contributed by atoms with E-state index < -0.39 is 23.7 Å². The van der Waals surface area contributed by atoms with Gasteiger partial charge in [0, 0.05) is 17.4 Å². The van der Waals surface area contributed by atoms with Gasteiger partial charge < -0.3 is 14.6 Å². The zero-order chi connectivity index (χ0) is 21.7. The summed E-state index contributed by atoms with van der Waals surface area (Å²) in [6.45, 7) is 0. The first-order valence-electron chi connectivity index (χ1n) is 9.00. The number of carbonyl (C=O) groups is 2. The molecule has 0 saturated carbocycles. The van der Waals surface area contributed by atoms with Crippen molar-refractivity contribution in [2.45, 2.75) is 12.5 Å². The number of carbonyl (C=O) groups excluding carboxylic acids is 2. The van der Waals surface area contributed by atoms with Crippen LogP contribution in [0.2, 0.25) is 5.02 Å². The molecule has 1 amide bonds. The van der Waals surface area contributed by atoms with E-state index in [-0.39, 0.29) is 16.3 Å². The van der Waals surface area contributed by atoms with Crippen molar-refractivity contribution in [3.8, 4) is 11.5 Å². The maximum Gasteiger partial charge on any atom is 0.328 e. The van der Waals surface area contributed by atoms with Crippen LogP contribution in [0.25, 0.3) is 11.5 Å². The molecule has 0 spiro atoms. The van der Waals surface area contributed by atoms with E-state index in [4.69, 9.17) is 16.3 Å². The molecular weight excluding hydrogens is 431 g/mol. The lowest BCUT2D eigenvalue weighted by Crippen LogP contribution is -2.42. The van der Waals surface area contributed by atoms with E-state index in [0.717, 1.165) is 0 Å². The Kier molecular flexibility index (Phi) is 7.17. The molecule has 158 valence electrons. The summed E-state index contributed by atoms with van der Waals surface area (Å²) >= 11 is 7.41. The number of ether oxygens (including phenoxy) is 1. The highest BCUT2D eigenvalue weighted by Gasteiger charge is 2.26. The van der Waals surface area contributed by atoms with E-state index in [9.17, 15) is 14.0 Å². The Labute approximate surface area is 182 Å². The molecule has 2 heterocycles. The molecule has 1 unspecified atom stereocenters. The summed E-state index contributed by atoms with van der Waals surface area (Å²) < 4.78 is 22.3. The number of thioether (sulfide) groups is 1. The first-order chi connectivity index (χ1) is 14.5. The molecule has 1 aromatic carbocycles. The predicted octanol–water partition coefficient (Wildman–Crippen LogP) is 3.48. The third kappa shape index (κ3) is 4.68. The Balaban J connectivity index is 2.02. The zero-order valence-corrected chi connectivity index (χ0v) is 17.9. The summed E-state index contributed by atoms with van der Waals surface area (Å²) in [4.78, 5) is 25.1. The number of hydrogen-bond acceptors (Lipinski definition) is 5. The summed E-state index contributed by atoms with van der Waals surface area (Å²) in [5.74, 6) is -0.641. The van der Waals surface area contributed by atoms with Crippen molar-refractivity contribution in [3.05, 3.63) is 65.3 Å². The minimum atomic E-state index is -0.803. The summed E-state index contributed by atoms with van der Waals surface area (Å²) in [6, 6.07) is 6.93. The Hall–Kier alpha value is -2.78. The minimum Gasteiger partial charge on any atom is -0.467 e. The Morgan fingerprint density at radius 2 is 2.07 bits per heavy atom. The molecule has 1 atom stereocenters. The third-order valence-corrected chi connectivity index (χ3v) is 5.26. The van der Waals surface area contributed by atoms with Crippen LogP contribution >= 0.6 is 23.4 Å². The van der Waals surface area contributed by atoms with E-state index in [0.29, 0.717) is 18.0 Å². The number of amides is 1. The standard InChI is InChI=1S/C20H20ClFN4O3S/c1-29-20(28)16(7-10-30-2)24-18(27)14-12-23-26(19(14)25-8-3-4-9-25)17-6-5-13(21)11-15(17)22/h3-6,8-9,11-12,16H,7,10H2,1-2H3,(H,24,27). The number of hydrogen-bond donors (Lipinski definition) is 1. The molecular formula is C20H20ClFN4O3S. The van der Waals surface area contributed by atoms with Gasteiger partial charge in [-0.3, -0.25) is 4.79 Å². The fraction of sp³-hybridized carbons (Fsp3) is 0.250. The van der Waals surface area contributed by atoms with Gasteiger partial charge in [0.2, 0.25) is 0 Å². The SMILES string of the molecule is COC(=O)C(CCSC)NC(=O)c1cnn(-c2ccc(Cl)cc2F)c1-n1cccc1. The molecule has 10 heteroatoms. The molecule has 3 aromatic rings. The van der Waals surface area contributed by atoms with Crippen LogP contribution < -0.4 is 5.32 Å². The zero-order valence-electron chi connectivity index (χ0n) is 16.3. The third-order valence-electron chi connectivity index (χ3n) is 4.38. The molecule has 0 aliphatic heterocycles. The summed E-state index contributed by atoms with van der Waals surface area (Å²) in [5, 5.41) is 7.17. The first-order valence-corrected chi connectivity index (χ1v) is 10.8. The molecule has 0 saturated heterocycles. The lowest BCUT2D eigenvalue weighted by Gasteiger charge is -2.17. The number of esters is 1. The van der Waals surface area contributed by atoms with E-state index in [1.165, 1.54) is 36.2 Å². The van der Waals surface area contributed by atoms with E-state index in [1.807, 2.05) is 6.26 Å².